The molecule has 0 aliphatic heterocycles. The van der Waals surface area contributed by atoms with Crippen LogP contribution in [0.3, 0.4) is 0 Å². The third-order valence-corrected chi connectivity index (χ3v) is 5.81. The monoisotopic (exact) mass is 426 g/mol. The lowest BCUT2D eigenvalue weighted by atomic mass is 10.0. The first-order chi connectivity index (χ1) is 15.1. The molecule has 1 amide bonds. The van der Waals surface area contributed by atoms with Gasteiger partial charge in [0, 0.05) is 16.8 Å². The molecule has 0 atom stereocenters. The number of aryl methyl sites for hydroxylation is 1. The van der Waals surface area contributed by atoms with Gasteiger partial charge in [-0.05, 0) is 31.0 Å². The van der Waals surface area contributed by atoms with Gasteiger partial charge in [-0.25, -0.2) is 4.98 Å². The van der Waals surface area contributed by atoms with Crippen LogP contribution < -0.4 is 5.32 Å². The van der Waals surface area contributed by atoms with Crippen LogP contribution in [0.4, 0.5) is 5.69 Å². The third-order valence-electron chi connectivity index (χ3n) is 4.97. The van der Waals surface area contributed by atoms with E-state index in [1.807, 2.05) is 92.7 Å². The summed E-state index contributed by atoms with van der Waals surface area (Å²) >= 11 is 1.27. The van der Waals surface area contributed by atoms with Crippen LogP contribution in [-0.4, -0.2) is 26.8 Å². The fourth-order valence-electron chi connectivity index (χ4n) is 3.16. The number of amides is 1. The minimum atomic E-state index is -0.101. The van der Waals surface area contributed by atoms with Crippen LogP contribution in [0.5, 0.6) is 0 Å². The number of carbonyl (C=O) groups excluding carboxylic acids is 1. The number of anilines is 1. The molecule has 0 unspecified atom stereocenters. The van der Waals surface area contributed by atoms with Crippen molar-refractivity contribution in [1.29, 1.82) is 0 Å². The number of hydrogen-bond donors (Lipinski definition) is 1. The van der Waals surface area contributed by atoms with Gasteiger partial charge in [-0.15, -0.1) is 10.2 Å². The summed E-state index contributed by atoms with van der Waals surface area (Å²) in [6.07, 6.45) is 0. The molecule has 0 aliphatic rings. The van der Waals surface area contributed by atoms with Crippen molar-refractivity contribution in [2.24, 2.45) is 0 Å². The predicted octanol–water partition coefficient (Wildman–Crippen LogP) is 5.55. The SMILES string of the molecule is Cc1cccc(NC(=O)CSc2nnc(-c3ccccc3)c(-c3ccccc3)n2)c1C. The maximum Gasteiger partial charge on any atom is 0.234 e. The van der Waals surface area contributed by atoms with Crippen molar-refractivity contribution < 1.29 is 4.79 Å². The molecule has 0 fully saturated rings. The van der Waals surface area contributed by atoms with Gasteiger partial charge in [-0.2, -0.15) is 0 Å². The number of nitrogens with one attached hydrogen (secondary N) is 1. The Morgan fingerprint density at radius 3 is 2.13 bits per heavy atom. The van der Waals surface area contributed by atoms with E-state index in [1.54, 1.807) is 0 Å². The van der Waals surface area contributed by atoms with E-state index in [4.69, 9.17) is 4.98 Å². The highest BCUT2D eigenvalue weighted by molar-refractivity contribution is 7.99. The first-order valence-corrected chi connectivity index (χ1v) is 10.9. The number of rotatable bonds is 6. The average Bonchev–Trinajstić information content (AvgIpc) is 2.82. The van der Waals surface area contributed by atoms with Crippen molar-refractivity contribution in [3.63, 3.8) is 0 Å². The molecule has 0 saturated heterocycles. The molecule has 1 heterocycles. The lowest BCUT2D eigenvalue weighted by Gasteiger charge is -2.11. The summed E-state index contributed by atoms with van der Waals surface area (Å²) in [6, 6.07) is 25.6. The smallest absolute Gasteiger partial charge is 0.234 e. The summed E-state index contributed by atoms with van der Waals surface area (Å²) in [5.74, 6) is 0.101. The second-order valence-corrected chi connectivity index (χ2v) is 8.05. The van der Waals surface area contributed by atoms with Gasteiger partial charge in [0.25, 0.3) is 0 Å². The number of hydrogen-bond acceptors (Lipinski definition) is 5. The Hall–Kier alpha value is -3.51. The quantitative estimate of drug-likeness (QED) is 0.409. The number of carbonyl (C=O) groups is 1. The van der Waals surface area contributed by atoms with Gasteiger partial charge >= 0.3 is 0 Å². The standard InChI is InChI=1S/C25H22N4OS/c1-17-10-9-15-21(18(17)2)26-22(30)16-31-25-27-23(19-11-5-3-6-12-19)24(28-29-25)20-13-7-4-8-14-20/h3-15H,16H2,1-2H3,(H,26,30). The minimum absolute atomic E-state index is 0.101. The third kappa shape index (κ3) is 4.98. The summed E-state index contributed by atoms with van der Waals surface area (Å²) in [5, 5.41) is 12.2. The number of thioether (sulfide) groups is 1. The van der Waals surface area contributed by atoms with Crippen molar-refractivity contribution in [3.8, 4) is 22.5 Å². The summed E-state index contributed by atoms with van der Waals surface area (Å²) in [6.45, 7) is 4.03. The topological polar surface area (TPSA) is 67.8 Å². The second kappa shape index (κ2) is 9.53. The van der Waals surface area contributed by atoms with Crippen molar-refractivity contribution >= 4 is 23.4 Å². The lowest BCUT2D eigenvalue weighted by molar-refractivity contribution is -0.113. The lowest BCUT2D eigenvalue weighted by Crippen LogP contribution is -2.15. The van der Waals surface area contributed by atoms with Crippen LogP contribution in [0.25, 0.3) is 22.5 Å². The van der Waals surface area contributed by atoms with E-state index >= 15 is 0 Å². The fourth-order valence-corrected chi connectivity index (χ4v) is 3.75. The molecule has 5 nitrogen and oxygen atoms in total. The van der Waals surface area contributed by atoms with Crippen LogP contribution in [0.15, 0.2) is 84.0 Å². The molecule has 4 aromatic rings. The van der Waals surface area contributed by atoms with Gasteiger partial charge < -0.3 is 5.32 Å². The van der Waals surface area contributed by atoms with Gasteiger partial charge in [-0.1, -0.05) is 84.6 Å². The summed E-state index contributed by atoms with van der Waals surface area (Å²) in [5.41, 5.74) is 6.41. The maximum absolute atomic E-state index is 12.5. The molecule has 0 spiro atoms. The largest absolute Gasteiger partial charge is 0.325 e. The van der Waals surface area contributed by atoms with Gasteiger partial charge in [0.05, 0.1) is 5.75 Å². The fraction of sp³-hybridized carbons (Fsp3) is 0.120. The average molecular weight is 427 g/mol. The molecule has 6 heteroatoms. The Labute approximate surface area is 186 Å². The highest BCUT2D eigenvalue weighted by atomic mass is 32.2. The molecule has 0 bridgehead atoms. The van der Waals surface area contributed by atoms with E-state index in [0.717, 1.165) is 39.3 Å². The summed E-state index contributed by atoms with van der Waals surface area (Å²) in [4.78, 5) is 17.2. The summed E-state index contributed by atoms with van der Waals surface area (Å²) in [7, 11) is 0. The van der Waals surface area contributed by atoms with Crippen LogP contribution in [0.2, 0.25) is 0 Å². The van der Waals surface area contributed by atoms with Crippen LogP contribution in [-0.2, 0) is 4.79 Å². The molecular weight excluding hydrogens is 404 g/mol. The molecule has 4 rings (SSSR count). The van der Waals surface area contributed by atoms with E-state index in [9.17, 15) is 4.79 Å². The Balaban J connectivity index is 1.55. The highest BCUT2D eigenvalue weighted by Crippen LogP contribution is 2.29. The van der Waals surface area contributed by atoms with Crippen LogP contribution >= 0.6 is 11.8 Å². The predicted molar refractivity (Wildman–Crippen MR) is 126 cm³/mol. The number of aromatic nitrogens is 3. The molecule has 0 saturated carbocycles. The molecule has 154 valence electrons. The Bertz CT molecular complexity index is 1200. The normalized spacial score (nSPS) is 10.6. The van der Waals surface area contributed by atoms with Gasteiger partial charge in [-0.3, -0.25) is 4.79 Å². The zero-order valence-electron chi connectivity index (χ0n) is 17.4. The molecule has 1 N–H and O–H groups in total. The van der Waals surface area contributed by atoms with Crippen molar-refractivity contribution in [1.82, 2.24) is 15.2 Å². The molecule has 3 aromatic carbocycles. The first kappa shape index (κ1) is 20.8. The zero-order chi connectivity index (χ0) is 21.6. The van der Waals surface area contributed by atoms with Gasteiger partial charge in [0.2, 0.25) is 11.1 Å². The Kier molecular flexibility index (Phi) is 6.38. The summed E-state index contributed by atoms with van der Waals surface area (Å²) < 4.78 is 0. The van der Waals surface area contributed by atoms with Crippen LogP contribution in [0, 0.1) is 13.8 Å². The molecule has 1 aromatic heterocycles. The number of benzene rings is 3. The molecular formula is C25H22N4OS. The van der Waals surface area contributed by atoms with Gasteiger partial charge in [0.1, 0.15) is 11.4 Å². The maximum atomic E-state index is 12.5. The Morgan fingerprint density at radius 2 is 1.45 bits per heavy atom. The van der Waals surface area contributed by atoms with E-state index in [-0.39, 0.29) is 11.7 Å². The van der Waals surface area contributed by atoms with E-state index in [1.165, 1.54) is 11.8 Å². The first-order valence-electron chi connectivity index (χ1n) is 9.96. The van der Waals surface area contributed by atoms with Gasteiger partial charge in [0.15, 0.2) is 0 Å². The zero-order valence-corrected chi connectivity index (χ0v) is 18.2. The van der Waals surface area contributed by atoms with E-state index in [2.05, 4.69) is 15.5 Å². The van der Waals surface area contributed by atoms with Crippen molar-refractivity contribution in [2.75, 3.05) is 11.1 Å². The van der Waals surface area contributed by atoms with E-state index in [0.29, 0.717) is 5.16 Å². The van der Waals surface area contributed by atoms with Crippen LogP contribution in [0.1, 0.15) is 11.1 Å². The van der Waals surface area contributed by atoms with E-state index < -0.39 is 0 Å². The Morgan fingerprint density at radius 1 is 0.806 bits per heavy atom. The highest BCUT2D eigenvalue weighted by Gasteiger charge is 2.15. The molecule has 0 radical (unpaired) electrons. The van der Waals surface area contributed by atoms with Crippen molar-refractivity contribution in [2.45, 2.75) is 19.0 Å². The van der Waals surface area contributed by atoms with Crippen molar-refractivity contribution in [3.05, 3.63) is 90.0 Å². The number of nitrogens with zero attached hydrogens (tertiary/aromatic N) is 3. The minimum Gasteiger partial charge on any atom is -0.325 e. The molecule has 31 heavy (non-hydrogen) atoms. The molecule has 0 aliphatic carbocycles. The second-order valence-electron chi connectivity index (χ2n) is 7.11.